The third kappa shape index (κ3) is 5.33. The fourth-order valence-corrected chi connectivity index (χ4v) is 2.00. The molecule has 0 aromatic heterocycles. The quantitative estimate of drug-likeness (QED) is 0.655. The van der Waals surface area contributed by atoms with Crippen LogP contribution in [0.5, 0.6) is 0 Å². The molecule has 1 amide bonds. The first kappa shape index (κ1) is 13.8. The van der Waals surface area contributed by atoms with Gasteiger partial charge in [0.05, 0.1) is 25.9 Å². The standard InChI is InChI=1S/C13H24N2O3/c1-10(8-18-12-4-5-17-9-12)15-13(16)7-14-6-11-2-3-11/h10-12,14H,2-9H2,1H3,(H,15,16). The van der Waals surface area contributed by atoms with Crippen molar-refractivity contribution < 1.29 is 14.3 Å². The first-order valence-corrected chi connectivity index (χ1v) is 6.93. The van der Waals surface area contributed by atoms with Crippen LogP contribution in [-0.4, -0.2) is 51.0 Å². The molecule has 2 N–H and O–H groups in total. The summed E-state index contributed by atoms with van der Waals surface area (Å²) in [5, 5.41) is 6.11. The minimum atomic E-state index is 0.0504. The van der Waals surface area contributed by atoms with Crippen molar-refractivity contribution >= 4 is 5.91 Å². The molecule has 1 saturated heterocycles. The molecule has 1 saturated carbocycles. The molecule has 104 valence electrons. The summed E-state index contributed by atoms with van der Waals surface area (Å²) in [6.45, 7) is 5.38. The third-order valence-corrected chi connectivity index (χ3v) is 3.29. The van der Waals surface area contributed by atoms with Crippen LogP contribution in [0.4, 0.5) is 0 Å². The average Bonchev–Trinajstić information content (AvgIpc) is 3.01. The fourth-order valence-electron chi connectivity index (χ4n) is 2.00. The van der Waals surface area contributed by atoms with Crippen LogP contribution in [-0.2, 0) is 14.3 Å². The van der Waals surface area contributed by atoms with Crippen molar-refractivity contribution in [3.8, 4) is 0 Å². The second-order valence-electron chi connectivity index (χ2n) is 5.36. The minimum absolute atomic E-state index is 0.0504. The lowest BCUT2D eigenvalue weighted by Gasteiger charge is -2.17. The fraction of sp³-hybridized carbons (Fsp3) is 0.923. The summed E-state index contributed by atoms with van der Waals surface area (Å²) in [4.78, 5) is 11.6. The van der Waals surface area contributed by atoms with Gasteiger partial charge in [-0.1, -0.05) is 0 Å². The first-order valence-electron chi connectivity index (χ1n) is 6.93. The molecule has 1 aliphatic carbocycles. The van der Waals surface area contributed by atoms with Crippen LogP contribution in [0.2, 0.25) is 0 Å². The van der Waals surface area contributed by atoms with E-state index in [1.165, 1.54) is 12.8 Å². The highest BCUT2D eigenvalue weighted by molar-refractivity contribution is 5.78. The maximum Gasteiger partial charge on any atom is 0.234 e. The van der Waals surface area contributed by atoms with Gasteiger partial charge in [0.1, 0.15) is 0 Å². The number of amides is 1. The van der Waals surface area contributed by atoms with E-state index in [1.54, 1.807) is 0 Å². The highest BCUT2D eigenvalue weighted by Crippen LogP contribution is 2.27. The van der Waals surface area contributed by atoms with Gasteiger partial charge < -0.3 is 20.1 Å². The second-order valence-corrected chi connectivity index (χ2v) is 5.36. The van der Waals surface area contributed by atoms with E-state index in [2.05, 4.69) is 10.6 Å². The predicted molar refractivity (Wildman–Crippen MR) is 68.4 cm³/mol. The maximum absolute atomic E-state index is 11.6. The molecule has 0 radical (unpaired) electrons. The summed E-state index contributed by atoms with van der Waals surface area (Å²) in [5.41, 5.74) is 0. The summed E-state index contributed by atoms with van der Waals surface area (Å²) in [5.74, 6) is 0.857. The number of hydrogen-bond donors (Lipinski definition) is 2. The molecule has 0 aromatic rings. The topological polar surface area (TPSA) is 59.6 Å². The summed E-state index contributed by atoms with van der Waals surface area (Å²) in [7, 11) is 0. The Bertz CT molecular complexity index is 263. The zero-order valence-corrected chi connectivity index (χ0v) is 11.1. The molecule has 5 heteroatoms. The average molecular weight is 256 g/mol. The molecule has 0 aromatic carbocycles. The Balaban J connectivity index is 1.48. The molecule has 1 aliphatic heterocycles. The van der Waals surface area contributed by atoms with Gasteiger partial charge in [-0.25, -0.2) is 0 Å². The van der Waals surface area contributed by atoms with Crippen molar-refractivity contribution in [1.82, 2.24) is 10.6 Å². The number of nitrogens with one attached hydrogen (secondary N) is 2. The largest absolute Gasteiger partial charge is 0.379 e. The summed E-state index contributed by atoms with van der Waals surface area (Å²) < 4.78 is 10.9. The maximum atomic E-state index is 11.6. The third-order valence-electron chi connectivity index (χ3n) is 3.29. The molecule has 0 bridgehead atoms. The highest BCUT2D eigenvalue weighted by Gasteiger charge is 2.21. The lowest BCUT2D eigenvalue weighted by atomic mass is 10.3. The van der Waals surface area contributed by atoms with Crippen molar-refractivity contribution in [3.05, 3.63) is 0 Å². The molecule has 18 heavy (non-hydrogen) atoms. The van der Waals surface area contributed by atoms with Gasteiger partial charge in [-0.15, -0.1) is 0 Å². The normalized spacial score (nSPS) is 25.1. The summed E-state index contributed by atoms with van der Waals surface area (Å²) in [6, 6.07) is 0.0563. The summed E-state index contributed by atoms with van der Waals surface area (Å²) >= 11 is 0. The van der Waals surface area contributed by atoms with Crippen LogP contribution in [0.1, 0.15) is 26.2 Å². The van der Waals surface area contributed by atoms with E-state index in [9.17, 15) is 4.79 Å². The van der Waals surface area contributed by atoms with E-state index < -0.39 is 0 Å². The summed E-state index contributed by atoms with van der Waals surface area (Å²) in [6.07, 6.45) is 3.78. The Morgan fingerprint density at radius 1 is 1.44 bits per heavy atom. The van der Waals surface area contributed by atoms with Gasteiger partial charge in [-0.3, -0.25) is 4.79 Å². The zero-order chi connectivity index (χ0) is 12.8. The van der Waals surface area contributed by atoms with Crippen molar-refractivity contribution in [2.45, 2.75) is 38.3 Å². The number of hydrogen-bond acceptors (Lipinski definition) is 4. The Morgan fingerprint density at radius 3 is 2.94 bits per heavy atom. The molecule has 5 nitrogen and oxygen atoms in total. The van der Waals surface area contributed by atoms with Crippen molar-refractivity contribution in [2.24, 2.45) is 5.92 Å². The number of rotatable bonds is 8. The number of carbonyl (C=O) groups is 1. The molecular weight excluding hydrogens is 232 g/mol. The number of carbonyl (C=O) groups excluding carboxylic acids is 1. The smallest absolute Gasteiger partial charge is 0.234 e. The highest BCUT2D eigenvalue weighted by atomic mass is 16.5. The molecule has 1 heterocycles. The molecule has 2 rings (SSSR count). The SMILES string of the molecule is CC(COC1CCOC1)NC(=O)CNCC1CC1. The molecule has 0 spiro atoms. The van der Waals surface area contributed by atoms with Gasteiger partial charge in [0.2, 0.25) is 5.91 Å². The van der Waals surface area contributed by atoms with Gasteiger partial charge in [-0.05, 0) is 38.6 Å². The Labute approximate surface area is 109 Å². The van der Waals surface area contributed by atoms with E-state index in [0.29, 0.717) is 19.8 Å². The van der Waals surface area contributed by atoms with Crippen LogP contribution in [0, 0.1) is 5.92 Å². The van der Waals surface area contributed by atoms with Crippen molar-refractivity contribution in [3.63, 3.8) is 0 Å². The van der Waals surface area contributed by atoms with Crippen LogP contribution in [0.3, 0.4) is 0 Å². The van der Waals surface area contributed by atoms with Crippen molar-refractivity contribution in [2.75, 3.05) is 32.9 Å². The van der Waals surface area contributed by atoms with Crippen molar-refractivity contribution in [1.29, 1.82) is 0 Å². The predicted octanol–water partition coefficient (Wildman–Crippen LogP) is 0.296. The van der Waals surface area contributed by atoms with Crippen LogP contribution >= 0.6 is 0 Å². The van der Waals surface area contributed by atoms with Gasteiger partial charge >= 0.3 is 0 Å². The molecular formula is C13H24N2O3. The van der Waals surface area contributed by atoms with E-state index in [4.69, 9.17) is 9.47 Å². The Kier molecular flexibility index (Phi) is 5.41. The van der Waals surface area contributed by atoms with Crippen LogP contribution < -0.4 is 10.6 Å². The molecule has 2 fully saturated rings. The van der Waals surface area contributed by atoms with Crippen LogP contribution in [0.25, 0.3) is 0 Å². The molecule has 2 atom stereocenters. The van der Waals surface area contributed by atoms with E-state index in [-0.39, 0.29) is 18.1 Å². The van der Waals surface area contributed by atoms with Gasteiger partial charge in [0, 0.05) is 12.6 Å². The van der Waals surface area contributed by atoms with Gasteiger partial charge in [-0.2, -0.15) is 0 Å². The van der Waals surface area contributed by atoms with E-state index in [1.807, 2.05) is 6.92 Å². The molecule has 2 aliphatic rings. The van der Waals surface area contributed by atoms with Gasteiger partial charge in [0.25, 0.3) is 0 Å². The van der Waals surface area contributed by atoms with E-state index in [0.717, 1.165) is 25.5 Å². The zero-order valence-electron chi connectivity index (χ0n) is 11.1. The first-order chi connectivity index (χ1) is 8.74. The van der Waals surface area contributed by atoms with E-state index >= 15 is 0 Å². The Hall–Kier alpha value is -0.650. The monoisotopic (exact) mass is 256 g/mol. The minimum Gasteiger partial charge on any atom is -0.379 e. The second kappa shape index (κ2) is 7.07. The lowest BCUT2D eigenvalue weighted by molar-refractivity contribution is -0.121. The lowest BCUT2D eigenvalue weighted by Crippen LogP contribution is -2.42. The van der Waals surface area contributed by atoms with Gasteiger partial charge in [0.15, 0.2) is 0 Å². The Morgan fingerprint density at radius 2 is 2.28 bits per heavy atom. The molecule has 2 unspecified atom stereocenters. The van der Waals surface area contributed by atoms with Crippen LogP contribution in [0.15, 0.2) is 0 Å². The number of ether oxygens (including phenoxy) is 2.